The van der Waals surface area contributed by atoms with Crippen LogP contribution in [0.5, 0.6) is 0 Å². The summed E-state index contributed by atoms with van der Waals surface area (Å²) < 4.78 is 26.5. The fraction of sp³-hybridized carbons (Fsp3) is 0.600. The van der Waals surface area contributed by atoms with E-state index < -0.39 is 44.3 Å². The van der Waals surface area contributed by atoms with E-state index >= 15 is 0 Å². The van der Waals surface area contributed by atoms with Gasteiger partial charge in [0.15, 0.2) is 22.9 Å². The maximum atomic E-state index is 11.9. The molecule has 0 saturated carbocycles. The summed E-state index contributed by atoms with van der Waals surface area (Å²) in [6.07, 6.45) is -4.45. The minimum absolute atomic E-state index is 0. The van der Waals surface area contributed by atoms with E-state index in [9.17, 15) is 19.4 Å². The number of carbonyl (C=O) groups is 1. The number of hydrogen-bond acceptors (Lipinski definition) is 10. The molecule has 4 heterocycles. The fourth-order valence-corrected chi connectivity index (χ4v) is 4.39. The molecule has 4 aliphatic rings. The Morgan fingerprint density at radius 2 is 2.19 bits per heavy atom. The molecule has 1 amide bonds. The van der Waals surface area contributed by atoms with Gasteiger partial charge in [-0.05, 0) is 15.9 Å². The number of nitrogens with zero attached hydrogens (tertiary/aromatic N) is 3. The molecular weight excluding hydrogens is 452 g/mol. The molecule has 6 unspecified atom stereocenters. The van der Waals surface area contributed by atoms with Crippen molar-refractivity contribution in [3.63, 3.8) is 0 Å². The summed E-state index contributed by atoms with van der Waals surface area (Å²) in [5.41, 5.74) is 0. The first-order chi connectivity index (χ1) is 11.3. The summed E-state index contributed by atoms with van der Waals surface area (Å²) in [6, 6.07) is -0.991. The minimum Gasteiger partial charge on any atom is -0.756 e. The second kappa shape index (κ2) is 7.64. The number of fused-ring (bicyclic) bond motifs is 2. The molecule has 16 heteroatoms. The number of hydrogen-bond donors (Lipinski definition) is 3. The van der Waals surface area contributed by atoms with Crippen LogP contribution in [0.1, 0.15) is 0 Å². The number of aliphatic imine (C=N–C) groups is 2. The van der Waals surface area contributed by atoms with Crippen molar-refractivity contribution in [2.24, 2.45) is 9.98 Å². The molecule has 0 aromatic carbocycles. The van der Waals surface area contributed by atoms with E-state index in [1.165, 1.54) is 4.90 Å². The molecule has 13 nitrogen and oxygen atoms in total. The molecule has 2 saturated heterocycles. The van der Waals surface area contributed by atoms with Gasteiger partial charge in [0.1, 0.15) is 18.3 Å². The van der Waals surface area contributed by atoms with Crippen LogP contribution in [0.3, 0.4) is 0 Å². The Morgan fingerprint density at radius 3 is 2.88 bits per heavy atom. The zero-order valence-electron chi connectivity index (χ0n) is 13.2. The topological polar surface area (TPSA) is 200 Å². The number of amidine groups is 2. The third-order valence-electron chi connectivity index (χ3n) is 3.85. The van der Waals surface area contributed by atoms with E-state index in [4.69, 9.17) is 14.7 Å². The molecule has 4 aliphatic heterocycles. The average Bonchev–Trinajstić information content (AvgIpc) is 2.96. The summed E-state index contributed by atoms with van der Waals surface area (Å²) in [6.45, 7) is -0.298. The van der Waals surface area contributed by atoms with Gasteiger partial charge in [-0.2, -0.15) is 4.99 Å². The van der Waals surface area contributed by atoms with Crippen LogP contribution in [-0.4, -0.2) is 75.1 Å². The molecule has 4 rings (SSSR count). The normalized spacial score (nSPS) is 41.2. The predicted octanol–water partition coefficient (Wildman–Crippen LogP) is -5.97. The summed E-state index contributed by atoms with van der Waals surface area (Å²) in [4.78, 5) is 32.6. The second-order valence-electron chi connectivity index (χ2n) is 5.35. The number of phosphoric ester groups is 1. The number of ether oxygens (including phenoxy) is 1. The van der Waals surface area contributed by atoms with Gasteiger partial charge in [-0.1, -0.05) is 0 Å². The van der Waals surface area contributed by atoms with E-state index in [1.54, 1.807) is 0 Å². The SMILES string of the molecule is N=C1N=C2C(N=C(Br)N2C2OC3COP(=O)([O-])OC3C2O)C(=O)N1.O.[Na+]. The van der Waals surface area contributed by atoms with E-state index in [2.05, 4.69) is 35.8 Å². The minimum atomic E-state index is -4.49. The van der Waals surface area contributed by atoms with E-state index in [0.717, 1.165) is 0 Å². The van der Waals surface area contributed by atoms with Gasteiger partial charge in [0, 0.05) is 0 Å². The molecule has 0 aromatic heterocycles. The van der Waals surface area contributed by atoms with Gasteiger partial charge in [-0.25, -0.2) is 4.99 Å². The first kappa shape index (κ1) is 22.0. The first-order valence-electron chi connectivity index (χ1n) is 6.75. The monoisotopic (exact) mass is 463 g/mol. The van der Waals surface area contributed by atoms with E-state index in [0.29, 0.717) is 0 Å². The van der Waals surface area contributed by atoms with Crippen LogP contribution >= 0.6 is 23.8 Å². The van der Waals surface area contributed by atoms with Gasteiger partial charge < -0.3 is 29.3 Å². The van der Waals surface area contributed by atoms with Gasteiger partial charge in [-0.15, -0.1) is 0 Å². The van der Waals surface area contributed by atoms with Crippen LogP contribution in [-0.2, 0) is 23.1 Å². The van der Waals surface area contributed by atoms with Gasteiger partial charge in [0.05, 0.1) is 6.61 Å². The largest absolute Gasteiger partial charge is 1.00 e. The molecule has 0 aromatic rings. The van der Waals surface area contributed by atoms with Crippen molar-refractivity contribution >= 4 is 46.2 Å². The molecule has 5 N–H and O–H groups in total. The summed E-state index contributed by atoms with van der Waals surface area (Å²) >= 11 is 3.17. The number of aliphatic hydroxyl groups is 1. The van der Waals surface area contributed by atoms with Crippen molar-refractivity contribution < 1.29 is 68.2 Å². The number of amides is 1. The van der Waals surface area contributed by atoms with Crippen LogP contribution in [0, 0.1) is 5.41 Å². The third kappa shape index (κ3) is 3.56. The molecule has 2 fully saturated rings. The van der Waals surface area contributed by atoms with Crippen LogP contribution in [0.2, 0.25) is 0 Å². The van der Waals surface area contributed by atoms with E-state index in [-0.39, 0.29) is 58.2 Å². The van der Waals surface area contributed by atoms with Crippen LogP contribution in [0.4, 0.5) is 0 Å². The molecule has 0 spiro atoms. The van der Waals surface area contributed by atoms with Crippen molar-refractivity contribution in [3.8, 4) is 0 Å². The maximum Gasteiger partial charge on any atom is 1.00 e. The third-order valence-corrected chi connectivity index (χ3v) is 5.41. The molecule has 0 bridgehead atoms. The number of phosphoric acid groups is 1. The summed E-state index contributed by atoms with van der Waals surface area (Å²) in [5, 5.41) is 20.2. The molecule has 26 heavy (non-hydrogen) atoms. The molecule has 0 aliphatic carbocycles. The van der Waals surface area contributed by atoms with Crippen molar-refractivity contribution in [2.45, 2.75) is 30.6 Å². The van der Waals surface area contributed by atoms with Crippen LogP contribution < -0.4 is 39.8 Å². The standard InChI is InChI=1S/C10H11BrN5O7P.Na.H2O/c11-9-13-3-6(14-10(12)15-7(3)18)16(9)8-4(17)5-2(22-8)1-21-24(19,20)23-5;;/h2-5,8,17H,1H2,(H,19,20)(H2,12,15,18);;1H2/q;+1;/p-1. The van der Waals surface area contributed by atoms with Gasteiger partial charge >= 0.3 is 29.6 Å². The molecule has 0 radical (unpaired) electrons. The first-order valence-corrected chi connectivity index (χ1v) is 9.00. The zero-order valence-corrected chi connectivity index (χ0v) is 17.6. The molecule has 6 atom stereocenters. The Labute approximate surface area is 176 Å². The van der Waals surface area contributed by atoms with Gasteiger partial charge in [0.25, 0.3) is 13.7 Å². The fourth-order valence-electron chi connectivity index (χ4n) is 2.85. The maximum absolute atomic E-state index is 11.9. The molecule has 138 valence electrons. The number of halogens is 1. The van der Waals surface area contributed by atoms with Crippen LogP contribution in [0.15, 0.2) is 9.98 Å². The Bertz CT molecular complexity index is 751. The Balaban J connectivity index is 0.00000121. The average molecular weight is 464 g/mol. The number of aliphatic hydroxyl groups excluding tert-OH is 1. The van der Waals surface area contributed by atoms with Gasteiger partial charge in [-0.3, -0.25) is 25.0 Å². The van der Waals surface area contributed by atoms with E-state index in [1.807, 2.05) is 0 Å². The Kier molecular flexibility index (Phi) is 6.48. The Morgan fingerprint density at radius 1 is 1.50 bits per heavy atom. The number of guanidine groups is 1. The van der Waals surface area contributed by atoms with Gasteiger partial charge in [0.2, 0.25) is 5.96 Å². The number of nitrogens with one attached hydrogen (secondary N) is 2. The van der Waals surface area contributed by atoms with Crippen molar-refractivity contribution in [2.75, 3.05) is 6.61 Å². The predicted molar refractivity (Wildman–Crippen MR) is 82.0 cm³/mol. The smallest absolute Gasteiger partial charge is 0.756 e. The quantitative estimate of drug-likeness (QED) is 0.193. The van der Waals surface area contributed by atoms with Crippen LogP contribution in [0.25, 0.3) is 0 Å². The number of carbonyl (C=O) groups excluding carboxylic acids is 1. The summed E-state index contributed by atoms with van der Waals surface area (Å²) in [7, 11) is -4.49. The zero-order chi connectivity index (χ0) is 17.2. The van der Waals surface area contributed by atoms with Crippen molar-refractivity contribution in [1.29, 1.82) is 5.41 Å². The summed E-state index contributed by atoms with van der Waals surface area (Å²) in [5.74, 6) is -0.829. The van der Waals surface area contributed by atoms with Crippen molar-refractivity contribution in [3.05, 3.63) is 0 Å². The molecular formula is C10H12BrN5NaO8P. The Hall–Kier alpha value is -0.250. The second-order valence-corrected chi connectivity index (χ2v) is 7.42. The number of rotatable bonds is 1. The van der Waals surface area contributed by atoms with Crippen molar-refractivity contribution in [1.82, 2.24) is 10.2 Å².